The number of aryl methyl sites for hydroxylation is 1. The van der Waals surface area contributed by atoms with Gasteiger partial charge in [0.25, 0.3) is 0 Å². The Balaban J connectivity index is 0.000000382. The van der Waals surface area contributed by atoms with Crippen LogP contribution in [0.25, 0.3) is 32.9 Å². The van der Waals surface area contributed by atoms with Crippen molar-refractivity contribution >= 4 is 50.7 Å². The molecule has 9 nitrogen and oxygen atoms in total. The number of aromatic nitrogens is 1. The number of carboxylic acid groups (broad SMARTS) is 1. The zero-order valence-electron chi connectivity index (χ0n) is 27.7. The summed E-state index contributed by atoms with van der Waals surface area (Å²) in [6.07, 6.45) is 4.85. The average molecular weight is 632 g/mol. The zero-order chi connectivity index (χ0) is 34.2. The summed E-state index contributed by atoms with van der Waals surface area (Å²) in [5, 5.41) is 19.8. The molecule has 0 aliphatic rings. The minimum Gasteiger partial charge on any atom is -0.476 e. The molecule has 0 saturated carbocycles. The third-order valence-corrected chi connectivity index (χ3v) is 7.42. The highest BCUT2D eigenvalue weighted by molar-refractivity contribution is 6.32. The Bertz CT molecular complexity index is 1590. The number of nitrogen functional groups attached to an aromatic ring is 2. The molecule has 0 radical (unpaired) electrons. The number of aliphatic hydroxyl groups is 1. The van der Waals surface area contributed by atoms with E-state index in [0.717, 1.165) is 76.5 Å². The molecule has 248 valence electrons. The topological polar surface area (TPSA) is 174 Å². The molecule has 0 aliphatic heterocycles. The number of carboxylic acids is 1. The molecule has 3 aromatic carbocycles. The first-order valence-electron chi connectivity index (χ1n) is 16.0. The van der Waals surface area contributed by atoms with Crippen LogP contribution in [0.4, 0.5) is 11.4 Å². The number of benzene rings is 3. The second kappa shape index (κ2) is 19.1. The maximum Gasteiger partial charge on any atom is 0.372 e. The monoisotopic (exact) mass is 631 g/mol. The van der Waals surface area contributed by atoms with E-state index in [1.807, 2.05) is 50.2 Å². The normalized spacial score (nSPS) is 10.8. The van der Waals surface area contributed by atoms with Gasteiger partial charge in [0, 0.05) is 54.3 Å². The minimum absolute atomic E-state index is 0.160. The number of aliphatic hydroxyl groups excluding tert-OH is 1. The van der Waals surface area contributed by atoms with Crippen LogP contribution in [-0.2, 0) is 20.9 Å². The molecule has 1 aromatic heterocycles. The summed E-state index contributed by atoms with van der Waals surface area (Å²) in [7, 11) is 0. The van der Waals surface area contributed by atoms with Crippen molar-refractivity contribution in [3.8, 4) is 11.3 Å². The van der Waals surface area contributed by atoms with Crippen molar-refractivity contribution < 1.29 is 29.2 Å². The molecule has 0 saturated heterocycles. The van der Waals surface area contributed by atoms with Gasteiger partial charge in [0.1, 0.15) is 6.54 Å². The number of amides is 1. The summed E-state index contributed by atoms with van der Waals surface area (Å²) in [5.74, 6) is -1.21. The van der Waals surface area contributed by atoms with E-state index in [1.165, 1.54) is 0 Å². The molecule has 0 spiro atoms. The van der Waals surface area contributed by atoms with Crippen molar-refractivity contribution in [3.63, 3.8) is 0 Å². The molecule has 0 aliphatic carbocycles. The average Bonchev–Trinajstić information content (AvgIpc) is 3.00. The van der Waals surface area contributed by atoms with Crippen LogP contribution < -0.4 is 21.8 Å². The van der Waals surface area contributed by atoms with Gasteiger partial charge in [-0.1, -0.05) is 52.0 Å². The quantitative estimate of drug-likeness (QED) is 0.0381. The number of nitrogens with zero attached hydrogens (tertiary/aromatic N) is 1. The maximum atomic E-state index is 11.1. The molecule has 0 atom stereocenters. The van der Waals surface area contributed by atoms with Crippen LogP contribution in [0.15, 0.2) is 66.7 Å². The highest BCUT2D eigenvalue weighted by atomic mass is 16.4. The highest BCUT2D eigenvalue weighted by Gasteiger charge is 2.23. The zero-order valence-corrected chi connectivity index (χ0v) is 27.7. The third kappa shape index (κ3) is 12.1. The molecule has 4 rings (SSSR count). The van der Waals surface area contributed by atoms with E-state index in [4.69, 9.17) is 27.4 Å². The largest absolute Gasteiger partial charge is 0.476 e. The number of anilines is 2. The van der Waals surface area contributed by atoms with E-state index in [0.29, 0.717) is 31.3 Å². The lowest BCUT2D eigenvalue weighted by Gasteiger charge is -2.13. The number of carbonyl (C=O) groups is 3. The number of hydrogen-bond acceptors (Lipinski definition) is 6. The van der Waals surface area contributed by atoms with Crippen molar-refractivity contribution in [2.45, 2.75) is 79.2 Å². The van der Waals surface area contributed by atoms with Gasteiger partial charge in [-0.2, -0.15) is 4.57 Å². The van der Waals surface area contributed by atoms with E-state index in [9.17, 15) is 14.4 Å². The minimum atomic E-state index is -1.32. The van der Waals surface area contributed by atoms with E-state index in [2.05, 4.69) is 48.7 Å². The first kappa shape index (κ1) is 37.7. The van der Waals surface area contributed by atoms with Gasteiger partial charge in [-0.3, -0.25) is 9.59 Å². The molecule has 46 heavy (non-hydrogen) atoms. The van der Waals surface area contributed by atoms with E-state index < -0.39 is 11.8 Å². The number of ketones is 1. The summed E-state index contributed by atoms with van der Waals surface area (Å²) < 4.78 is 2.34. The fourth-order valence-electron chi connectivity index (χ4n) is 4.93. The van der Waals surface area contributed by atoms with Gasteiger partial charge in [-0.15, -0.1) is 0 Å². The molecular weight excluding hydrogens is 580 g/mol. The number of nitrogens with two attached hydrogens (primary N) is 3. The fourth-order valence-corrected chi connectivity index (χ4v) is 4.93. The molecule has 0 bridgehead atoms. The van der Waals surface area contributed by atoms with Crippen LogP contribution in [0, 0.1) is 11.8 Å². The number of fused-ring (bicyclic) bond motifs is 3. The predicted molar refractivity (Wildman–Crippen MR) is 187 cm³/mol. The first-order chi connectivity index (χ1) is 21.8. The number of unbranched alkanes of at least 4 members (excludes halogenated alkanes) is 2. The Morgan fingerprint density at radius 1 is 0.739 bits per heavy atom. The number of aliphatic carboxylic acids is 1. The fraction of sp³-hybridized carbons (Fsp3) is 0.405. The second-order valence-electron chi connectivity index (χ2n) is 12.3. The second-order valence-corrected chi connectivity index (χ2v) is 12.3. The Labute approximate surface area is 272 Å². The molecule has 9 heteroatoms. The lowest BCUT2D eigenvalue weighted by atomic mass is 9.98. The molecule has 1 heterocycles. The Kier molecular flexibility index (Phi) is 15.7. The number of primary amides is 1. The standard InChI is InChI=1S/C25H26N4O.C7H12O3.C5H12O/c26-18-10-12-20-21-13-11-19(27)16-23(21)29(14-6-2-5-9-24(28)30)25(22(20)15-18)17-7-3-1-4-8-17;1-5(2)3-4-6(8)7(9)10;1-5(2)3-4-6/h1,3-4,7-8,10-13,15-16,27H,2,5-6,9,14,26H2,(H2,28,30);5H,3-4H2,1-2H3,(H,9,10);5-6H,3-4H2,1-2H3/p+1. The van der Waals surface area contributed by atoms with Crippen molar-refractivity contribution in [2.24, 2.45) is 17.6 Å². The van der Waals surface area contributed by atoms with Gasteiger partial charge >= 0.3 is 5.97 Å². The summed E-state index contributed by atoms with van der Waals surface area (Å²) in [4.78, 5) is 31.5. The molecular formula is C37H51N4O5+. The molecule has 1 amide bonds. The van der Waals surface area contributed by atoms with Gasteiger partial charge in [0.15, 0.2) is 0 Å². The van der Waals surface area contributed by atoms with Gasteiger partial charge < -0.3 is 27.4 Å². The van der Waals surface area contributed by atoms with Gasteiger partial charge in [-0.05, 0) is 73.9 Å². The van der Waals surface area contributed by atoms with Crippen molar-refractivity contribution in [1.82, 2.24) is 0 Å². The summed E-state index contributed by atoms with van der Waals surface area (Å²) in [5.41, 5.74) is 22.5. The molecule has 0 unspecified atom stereocenters. The highest BCUT2D eigenvalue weighted by Crippen LogP contribution is 2.33. The maximum absolute atomic E-state index is 11.1. The predicted octanol–water partition coefficient (Wildman–Crippen LogP) is 6.26. The van der Waals surface area contributed by atoms with Gasteiger partial charge in [0.05, 0.1) is 10.8 Å². The third-order valence-electron chi connectivity index (χ3n) is 7.42. The first-order valence-corrected chi connectivity index (χ1v) is 16.0. The van der Waals surface area contributed by atoms with Crippen LogP contribution in [0.2, 0.25) is 0 Å². The number of hydrogen-bond donors (Lipinski definition) is 5. The van der Waals surface area contributed by atoms with Gasteiger partial charge in [0.2, 0.25) is 22.9 Å². The van der Waals surface area contributed by atoms with Crippen LogP contribution in [0.1, 0.15) is 72.6 Å². The lowest BCUT2D eigenvalue weighted by molar-refractivity contribution is -0.659. The lowest BCUT2D eigenvalue weighted by Crippen LogP contribution is -2.37. The number of carbonyl (C=O) groups excluding carboxylic acids is 2. The van der Waals surface area contributed by atoms with Crippen LogP contribution in [0.3, 0.4) is 0 Å². The number of rotatable bonds is 13. The van der Waals surface area contributed by atoms with Crippen molar-refractivity contribution in [2.75, 3.05) is 18.1 Å². The Morgan fingerprint density at radius 2 is 1.35 bits per heavy atom. The van der Waals surface area contributed by atoms with Crippen LogP contribution >= 0.6 is 0 Å². The van der Waals surface area contributed by atoms with Crippen molar-refractivity contribution in [1.29, 1.82) is 0 Å². The molecule has 8 N–H and O–H groups in total. The van der Waals surface area contributed by atoms with E-state index in [1.54, 1.807) is 0 Å². The Hall–Kier alpha value is -4.50. The van der Waals surface area contributed by atoms with Crippen LogP contribution in [0.5, 0.6) is 0 Å². The summed E-state index contributed by atoms with van der Waals surface area (Å²) in [6.45, 7) is 9.24. The number of pyridine rings is 1. The smallest absolute Gasteiger partial charge is 0.372 e. The SMILES string of the molecule is CC(C)CCC(=O)C(=O)O.CC(C)CCO.NC(=O)CCCCC[n+]1c(-c2ccccc2)c2cc(N)ccc2c2ccc(N)cc21. The van der Waals surface area contributed by atoms with E-state index in [-0.39, 0.29) is 12.3 Å². The molecule has 4 aromatic rings. The van der Waals surface area contributed by atoms with Crippen molar-refractivity contribution in [3.05, 3.63) is 66.7 Å². The van der Waals surface area contributed by atoms with Gasteiger partial charge in [-0.25, -0.2) is 4.79 Å². The van der Waals surface area contributed by atoms with Crippen LogP contribution in [-0.4, -0.2) is 34.5 Å². The molecule has 0 fully saturated rings. The number of Topliss-reactive ketones (excluding diaryl/α,β-unsaturated/α-hetero) is 1. The van der Waals surface area contributed by atoms with E-state index >= 15 is 0 Å². The Morgan fingerprint density at radius 3 is 1.89 bits per heavy atom. The summed E-state index contributed by atoms with van der Waals surface area (Å²) in [6, 6.07) is 22.5. The summed E-state index contributed by atoms with van der Waals surface area (Å²) >= 11 is 0.